The minimum absolute atomic E-state index is 0.0207. The third-order valence-corrected chi connectivity index (χ3v) is 3.46. The van der Waals surface area contributed by atoms with Crippen LogP contribution in [-0.4, -0.2) is 23.9 Å². The summed E-state index contributed by atoms with van der Waals surface area (Å²) < 4.78 is 0. The number of nitrogens with two attached hydrogens (primary N) is 1. The molecule has 0 saturated carbocycles. The standard InChI is InChI=1S/C17H21N3O/c1-13(17(21)19-16-9-4-3-5-10-16)20(2)12-14-7-6-8-15(18)11-14/h3-11,13H,12,18H2,1-2H3,(H,19,21). The Hall–Kier alpha value is -2.33. The second-order valence-corrected chi connectivity index (χ2v) is 5.19. The van der Waals surface area contributed by atoms with Gasteiger partial charge in [0.2, 0.25) is 5.91 Å². The van der Waals surface area contributed by atoms with Crippen molar-refractivity contribution in [2.24, 2.45) is 0 Å². The SMILES string of the molecule is CC(C(=O)Nc1ccccc1)N(C)Cc1cccc(N)c1. The van der Waals surface area contributed by atoms with E-state index in [0.717, 1.165) is 16.9 Å². The fourth-order valence-electron chi connectivity index (χ4n) is 2.08. The second kappa shape index (κ2) is 6.90. The number of nitrogens with zero attached hydrogens (tertiary/aromatic N) is 1. The Labute approximate surface area is 125 Å². The van der Waals surface area contributed by atoms with Crippen molar-refractivity contribution >= 4 is 17.3 Å². The zero-order valence-corrected chi connectivity index (χ0v) is 12.4. The van der Waals surface area contributed by atoms with Crippen LogP contribution in [0.2, 0.25) is 0 Å². The molecule has 4 heteroatoms. The number of benzene rings is 2. The van der Waals surface area contributed by atoms with E-state index in [0.29, 0.717) is 6.54 Å². The van der Waals surface area contributed by atoms with E-state index >= 15 is 0 Å². The van der Waals surface area contributed by atoms with E-state index < -0.39 is 0 Å². The van der Waals surface area contributed by atoms with Crippen molar-refractivity contribution in [2.75, 3.05) is 18.1 Å². The number of hydrogen-bond acceptors (Lipinski definition) is 3. The van der Waals surface area contributed by atoms with Gasteiger partial charge in [0, 0.05) is 17.9 Å². The van der Waals surface area contributed by atoms with E-state index in [1.165, 1.54) is 0 Å². The first-order valence-corrected chi connectivity index (χ1v) is 6.97. The Balaban J connectivity index is 1.95. The van der Waals surface area contributed by atoms with Gasteiger partial charge in [0.15, 0.2) is 0 Å². The molecule has 0 aliphatic rings. The predicted molar refractivity (Wildman–Crippen MR) is 86.9 cm³/mol. The highest BCUT2D eigenvalue weighted by Crippen LogP contribution is 2.12. The van der Waals surface area contributed by atoms with Gasteiger partial charge in [0.25, 0.3) is 0 Å². The van der Waals surface area contributed by atoms with Gasteiger partial charge in [-0.2, -0.15) is 0 Å². The van der Waals surface area contributed by atoms with Crippen LogP contribution in [0.5, 0.6) is 0 Å². The Kier molecular flexibility index (Phi) is 4.95. The molecule has 1 amide bonds. The Bertz CT molecular complexity index is 598. The molecule has 2 rings (SSSR count). The molecule has 0 fully saturated rings. The molecule has 4 nitrogen and oxygen atoms in total. The lowest BCUT2D eigenvalue weighted by Gasteiger charge is -2.24. The fraction of sp³-hybridized carbons (Fsp3) is 0.235. The van der Waals surface area contributed by atoms with Crippen LogP contribution in [-0.2, 0) is 11.3 Å². The summed E-state index contributed by atoms with van der Waals surface area (Å²) in [5.74, 6) is -0.0207. The van der Waals surface area contributed by atoms with E-state index in [9.17, 15) is 4.79 Å². The summed E-state index contributed by atoms with van der Waals surface area (Å²) in [5.41, 5.74) is 8.42. The van der Waals surface area contributed by atoms with Gasteiger partial charge in [0.1, 0.15) is 0 Å². The van der Waals surface area contributed by atoms with Crippen molar-refractivity contribution in [1.82, 2.24) is 4.90 Å². The van der Waals surface area contributed by atoms with Crippen LogP contribution in [0.25, 0.3) is 0 Å². The summed E-state index contributed by atoms with van der Waals surface area (Å²) in [6, 6.07) is 17.0. The number of amides is 1. The molecule has 1 atom stereocenters. The molecule has 2 aromatic carbocycles. The van der Waals surface area contributed by atoms with Crippen LogP contribution in [0.4, 0.5) is 11.4 Å². The van der Waals surface area contributed by atoms with E-state index in [4.69, 9.17) is 5.73 Å². The van der Waals surface area contributed by atoms with Gasteiger partial charge in [0.05, 0.1) is 6.04 Å². The second-order valence-electron chi connectivity index (χ2n) is 5.19. The van der Waals surface area contributed by atoms with Crippen LogP contribution in [0.1, 0.15) is 12.5 Å². The summed E-state index contributed by atoms with van der Waals surface area (Å²) in [5, 5.41) is 2.91. The first kappa shape index (κ1) is 15.1. The molecule has 0 aliphatic heterocycles. The normalized spacial score (nSPS) is 12.1. The van der Waals surface area contributed by atoms with Gasteiger partial charge >= 0.3 is 0 Å². The largest absolute Gasteiger partial charge is 0.399 e. The lowest BCUT2D eigenvalue weighted by Crippen LogP contribution is -2.39. The molecule has 0 bridgehead atoms. The van der Waals surface area contributed by atoms with Crippen LogP contribution >= 0.6 is 0 Å². The number of carbonyl (C=O) groups is 1. The number of likely N-dealkylation sites (N-methyl/N-ethyl adjacent to an activating group) is 1. The smallest absolute Gasteiger partial charge is 0.241 e. The molecule has 0 saturated heterocycles. The van der Waals surface area contributed by atoms with Crippen LogP contribution in [0, 0.1) is 0 Å². The number of hydrogen-bond donors (Lipinski definition) is 2. The average molecular weight is 283 g/mol. The van der Waals surface area contributed by atoms with Crippen molar-refractivity contribution < 1.29 is 4.79 Å². The topological polar surface area (TPSA) is 58.4 Å². The third kappa shape index (κ3) is 4.33. The summed E-state index contributed by atoms with van der Waals surface area (Å²) in [4.78, 5) is 14.2. The first-order valence-electron chi connectivity index (χ1n) is 6.97. The molecule has 0 heterocycles. The van der Waals surface area contributed by atoms with E-state index in [2.05, 4.69) is 5.32 Å². The summed E-state index contributed by atoms with van der Waals surface area (Å²) >= 11 is 0. The van der Waals surface area contributed by atoms with Crippen molar-refractivity contribution in [1.29, 1.82) is 0 Å². The molecule has 0 spiro atoms. The lowest BCUT2D eigenvalue weighted by molar-refractivity contribution is -0.120. The molecular formula is C17H21N3O. The summed E-state index contributed by atoms with van der Waals surface area (Å²) in [6.45, 7) is 2.57. The van der Waals surface area contributed by atoms with Gasteiger partial charge in [-0.05, 0) is 43.8 Å². The molecule has 3 N–H and O–H groups in total. The van der Waals surface area contributed by atoms with Gasteiger partial charge < -0.3 is 11.1 Å². The van der Waals surface area contributed by atoms with Gasteiger partial charge in [-0.25, -0.2) is 0 Å². The molecule has 110 valence electrons. The van der Waals surface area contributed by atoms with Crippen molar-refractivity contribution in [3.05, 3.63) is 60.2 Å². The van der Waals surface area contributed by atoms with Gasteiger partial charge in [-0.1, -0.05) is 30.3 Å². The minimum Gasteiger partial charge on any atom is -0.399 e. The van der Waals surface area contributed by atoms with Gasteiger partial charge in [-0.3, -0.25) is 9.69 Å². The van der Waals surface area contributed by atoms with Gasteiger partial charge in [-0.15, -0.1) is 0 Å². The van der Waals surface area contributed by atoms with E-state index in [-0.39, 0.29) is 11.9 Å². The highest BCUT2D eigenvalue weighted by atomic mass is 16.2. The van der Waals surface area contributed by atoms with E-state index in [1.54, 1.807) is 0 Å². The average Bonchev–Trinajstić information content (AvgIpc) is 2.47. The number of carbonyl (C=O) groups excluding carboxylic acids is 1. The lowest BCUT2D eigenvalue weighted by atomic mass is 10.1. The van der Waals surface area contributed by atoms with Crippen LogP contribution < -0.4 is 11.1 Å². The summed E-state index contributed by atoms with van der Waals surface area (Å²) in [6.07, 6.45) is 0. The number of anilines is 2. The van der Waals surface area contributed by atoms with Crippen molar-refractivity contribution in [2.45, 2.75) is 19.5 Å². The Morgan fingerprint density at radius 3 is 2.57 bits per heavy atom. The van der Waals surface area contributed by atoms with E-state index in [1.807, 2.05) is 73.5 Å². The highest BCUT2D eigenvalue weighted by Gasteiger charge is 2.18. The Morgan fingerprint density at radius 1 is 1.19 bits per heavy atom. The molecule has 1 unspecified atom stereocenters. The van der Waals surface area contributed by atoms with Crippen LogP contribution in [0.15, 0.2) is 54.6 Å². The quantitative estimate of drug-likeness (QED) is 0.830. The maximum atomic E-state index is 12.2. The number of nitrogen functional groups attached to an aromatic ring is 1. The van der Waals surface area contributed by atoms with Crippen molar-refractivity contribution in [3.8, 4) is 0 Å². The minimum atomic E-state index is -0.230. The molecule has 21 heavy (non-hydrogen) atoms. The first-order chi connectivity index (χ1) is 10.1. The zero-order chi connectivity index (χ0) is 15.2. The molecule has 2 aromatic rings. The molecule has 0 aromatic heterocycles. The zero-order valence-electron chi connectivity index (χ0n) is 12.4. The fourth-order valence-corrected chi connectivity index (χ4v) is 2.08. The molecular weight excluding hydrogens is 262 g/mol. The third-order valence-electron chi connectivity index (χ3n) is 3.46. The maximum absolute atomic E-state index is 12.2. The number of nitrogens with one attached hydrogen (secondary N) is 1. The summed E-state index contributed by atoms with van der Waals surface area (Å²) in [7, 11) is 1.93. The molecule has 0 aliphatic carbocycles. The van der Waals surface area contributed by atoms with Crippen LogP contribution in [0.3, 0.4) is 0 Å². The predicted octanol–water partition coefficient (Wildman–Crippen LogP) is 2.73. The monoisotopic (exact) mass is 283 g/mol. The Morgan fingerprint density at radius 2 is 1.90 bits per heavy atom. The number of para-hydroxylation sites is 1. The van der Waals surface area contributed by atoms with Crippen molar-refractivity contribution in [3.63, 3.8) is 0 Å². The molecule has 0 radical (unpaired) electrons. The number of rotatable bonds is 5. The highest BCUT2D eigenvalue weighted by molar-refractivity contribution is 5.94. The maximum Gasteiger partial charge on any atom is 0.241 e.